The molecule has 0 fully saturated rings. The van der Waals surface area contributed by atoms with E-state index in [0.29, 0.717) is 6.61 Å². The van der Waals surface area contributed by atoms with Gasteiger partial charge in [0.25, 0.3) is 0 Å². The molecule has 0 amide bonds. The minimum absolute atomic E-state index is 0.620. The number of aryl methyl sites for hydroxylation is 2. The average molecular weight is 255 g/mol. The summed E-state index contributed by atoms with van der Waals surface area (Å²) in [5, 5.41) is 0. The highest BCUT2D eigenvalue weighted by atomic mass is 16.5. The van der Waals surface area contributed by atoms with Gasteiger partial charge in [0.2, 0.25) is 0 Å². The van der Waals surface area contributed by atoms with Crippen molar-refractivity contribution in [2.45, 2.75) is 26.4 Å². The first-order chi connectivity index (χ1) is 9.29. The predicted molar refractivity (Wildman–Crippen MR) is 79.3 cm³/mol. The minimum atomic E-state index is 0.620. The second-order valence-electron chi connectivity index (χ2n) is 4.75. The molecule has 2 aromatic carbocycles. The van der Waals surface area contributed by atoms with Crippen LogP contribution in [0.1, 0.15) is 23.1 Å². The summed E-state index contributed by atoms with van der Waals surface area (Å²) in [7, 11) is 0. The Morgan fingerprint density at radius 2 is 1.74 bits per heavy atom. The smallest absolute Gasteiger partial charge is 0.119 e. The van der Waals surface area contributed by atoms with Crippen LogP contribution < -0.4 is 10.5 Å². The zero-order valence-electron chi connectivity index (χ0n) is 11.4. The number of hydrogen-bond donors (Lipinski definition) is 1. The Labute approximate surface area is 115 Å². The maximum atomic E-state index is 5.81. The maximum absolute atomic E-state index is 5.81. The Balaban J connectivity index is 1.91. The number of benzene rings is 2. The van der Waals surface area contributed by atoms with Crippen LogP contribution in [0.5, 0.6) is 5.75 Å². The minimum Gasteiger partial charge on any atom is -0.489 e. The Morgan fingerprint density at radius 3 is 2.42 bits per heavy atom. The molecule has 2 aromatic rings. The van der Waals surface area contributed by atoms with Crippen LogP contribution in [-0.4, -0.2) is 6.54 Å². The fourth-order valence-corrected chi connectivity index (χ4v) is 1.99. The third-order valence-corrected chi connectivity index (χ3v) is 3.25. The van der Waals surface area contributed by atoms with Crippen molar-refractivity contribution in [3.8, 4) is 5.75 Å². The van der Waals surface area contributed by atoms with Gasteiger partial charge in [-0.3, -0.25) is 0 Å². The molecule has 2 N–H and O–H groups in total. The molecule has 0 atom stereocenters. The summed E-state index contributed by atoms with van der Waals surface area (Å²) < 4.78 is 5.81. The van der Waals surface area contributed by atoms with E-state index in [4.69, 9.17) is 10.5 Å². The second-order valence-corrected chi connectivity index (χ2v) is 4.75. The SMILES string of the molecule is Cc1ccccc1COc1ccc(CCCN)cc1. The van der Waals surface area contributed by atoms with E-state index < -0.39 is 0 Å². The van der Waals surface area contributed by atoms with Gasteiger partial charge in [-0.25, -0.2) is 0 Å². The molecular weight excluding hydrogens is 234 g/mol. The van der Waals surface area contributed by atoms with Gasteiger partial charge in [-0.15, -0.1) is 0 Å². The van der Waals surface area contributed by atoms with Gasteiger partial charge in [0.15, 0.2) is 0 Å². The van der Waals surface area contributed by atoms with Crippen LogP contribution in [0.2, 0.25) is 0 Å². The van der Waals surface area contributed by atoms with E-state index in [2.05, 4.69) is 31.2 Å². The van der Waals surface area contributed by atoms with Crippen LogP contribution in [0.4, 0.5) is 0 Å². The molecule has 0 aliphatic rings. The van der Waals surface area contributed by atoms with Gasteiger partial charge < -0.3 is 10.5 Å². The highest BCUT2D eigenvalue weighted by Crippen LogP contribution is 2.16. The van der Waals surface area contributed by atoms with Crippen LogP contribution in [0, 0.1) is 6.92 Å². The number of ether oxygens (including phenoxy) is 1. The first-order valence-corrected chi connectivity index (χ1v) is 6.76. The van der Waals surface area contributed by atoms with Crippen molar-refractivity contribution >= 4 is 0 Å². The number of nitrogens with two attached hydrogens (primary N) is 1. The lowest BCUT2D eigenvalue weighted by Crippen LogP contribution is -2.00. The van der Waals surface area contributed by atoms with Crippen molar-refractivity contribution in [3.05, 3.63) is 65.2 Å². The van der Waals surface area contributed by atoms with Crippen LogP contribution >= 0.6 is 0 Å². The Bertz CT molecular complexity index is 505. The summed E-state index contributed by atoms with van der Waals surface area (Å²) in [5.41, 5.74) is 9.32. The lowest BCUT2D eigenvalue weighted by molar-refractivity contribution is 0.305. The van der Waals surface area contributed by atoms with E-state index in [-0.39, 0.29) is 0 Å². The molecule has 0 saturated heterocycles. The van der Waals surface area contributed by atoms with Crippen molar-refractivity contribution in [1.82, 2.24) is 0 Å². The molecule has 19 heavy (non-hydrogen) atoms. The Kier molecular flexibility index (Phi) is 4.99. The zero-order chi connectivity index (χ0) is 13.5. The Morgan fingerprint density at radius 1 is 1.00 bits per heavy atom. The monoisotopic (exact) mass is 255 g/mol. The summed E-state index contributed by atoms with van der Waals surface area (Å²) in [6, 6.07) is 16.6. The van der Waals surface area contributed by atoms with Crippen molar-refractivity contribution in [2.75, 3.05) is 6.54 Å². The van der Waals surface area contributed by atoms with Gasteiger partial charge in [0.05, 0.1) is 0 Å². The predicted octanol–water partition coefficient (Wildman–Crippen LogP) is 3.47. The Hall–Kier alpha value is -1.80. The molecule has 0 radical (unpaired) electrons. The van der Waals surface area contributed by atoms with Gasteiger partial charge in [0.1, 0.15) is 12.4 Å². The molecule has 0 bridgehead atoms. The molecule has 0 aliphatic carbocycles. The molecule has 0 aliphatic heterocycles. The van der Waals surface area contributed by atoms with Crippen molar-refractivity contribution in [3.63, 3.8) is 0 Å². The van der Waals surface area contributed by atoms with E-state index in [9.17, 15) is 0 Å². The molecule has 0 spiro atoms. The first kappa shape index (κ1) is 13.6. The van der Waals surface area contributed by atoms with E-state index in [1.54, 1.807) is 0 Å². The molecular formula is C17H21NO. The van der Waals surface area contributed by atoms with Crippen LogP contribution in [-0.2, 0) is 13.0 Å². The molecule has 2 heteroatoms. The molecule has 2 nitrogen and oxygen atoms in total. The van der Waals surface area contributed by atoms with Gasteiger partial charge >= 0.3 is 0 Å². The molecule has 100 valence electrons. The van der Waals surface area contributed by atoms with E-state index >= 15 is 0 Å². The van der Waals surface area contributed by atoms with Crippen molar-refractivity contribution < 1.29 is 4.74 Å². The fourth-order valence-electron chi connectivity index (χ4n) is 1.99. The average Bonchev–Trinajstić information content (AvgIpc) is 2.45. The number of rotatable bonds is 6. The molecule has 0 saturated carbocycles. The topological polar surface area (TPSA) is 35.2 Å². The first-order valence-electron chi connectivity index (χ1n) is 6.76. The largest absolute Gasteiger partial charge is 0.489 e. The summed E-state index contributed by atoms with van der Waals surface area (Å²) in [4.78, 5) is 0. The fraction of sp³-hybridized carbons (Fsp3) is 0.294. The number of hydrogen-bond acceptors (Lipinski definition) is 2. The van der Waals surface area contributed by atoms with Crippen LogP contribution in [0.15, 0.2) is 48.5 Å². The van der Waals surface area contributed by atoms with Gasteiger partial charge in [-0.2, -0.15) is 0 Å². The van der Waals surface area contributed by atoms with Crippen LogP contribution in [0.3, 0.4) is 0 Å². The normalized spacial score (nSPS) is 10.4. The van der Waals surface area contributed by atoms with Gasteiger partial charge in [-0.05, 0) is 55.1 Å². The summed E-state index contributed by atoms with van der Waals surface area (Å²) in [6.45, 7) is 3.47. The zero-order valence-corrected chi connectivity index (χ0v) is 11.4. The second kappa shape index (κ2) is 6.95. The van der Waals surface area contributed by atoms with Gasteiger partial charge in [-0.1, -0.05) is 36.4 Å². The summed E-state index contributed by atoms with van der Waals surface area (Å²) in [5.74, 6) is 0.916. The highest BCUT2D eigenvalue weighted by molar-refractivity contribution is 5.29. The standard InChI is InChI=1S/C17H21NO/c1-14-5-2-3-7-16(14)13-19-17-10-8-15(9-11-17)6-4-12-18/h2-3,5,7-11H,4,6,12-13,18H2,1H3. The summed E-state index contributed by atoms with van der Waals surface area (Å²) >= 11 is 0. The summed E-state index contributed by atoms with van der Waals surface area (Å²) in [6.07, 6.45) is 2.07. The van der Waals surface area contributed by atoms with Crippen LogP contribution in [0.25, 0.3) is 0 Å². The quantitative estimate of drug-likeness (QED) is 0.858. The van der Waals surface area contributed by atoms with Crippen molar-refractivity contribution in [2.24, 2.45) is 5.73 Å². The van der Waals surface area contributed by atoms with Crippen molar-refractivity contribution in [1.29, 1.82) is 0 Å². The highest BCUT2D eigenvalue weighted by Gasteiger charge is 1.99. The maximum Gasteiger partial charge on any atom is 0.119 e. The third kappa shape index (κ3) is 4.11. The molecule has 0 unspecified atom stereocenters. The third-order valence-electron chi connectivity index (χ3n) is 3.25. The van der Waals surface area contributed by atoms with E-state index in [1.807, 2.05) is 24.3 Å². The molecule has 0 heterocycles. The molecule has 0 aromatic heterocycles. The lowest BCUT2D eigenvalue weighted by atomic mass is 10.1. The molecule has 2 rings (SSSR count). The van der Waals surface area contributed by atoms with E-state index in [1.165, 1.54) is 16.7 Å². The van der Waals surface area contributed by atoms with Gasteiger partial charge in [0, 0.05) is 0 Å². The van der Waals surface area contributed by atoms with E-state index in [0.717, 1.165) is 25.1 Å². The lowest BCUT2D eigenvalue weighted by Gasteiger charge is -2.09.